The maximum Gasteiger partial charge on any atom is 0.319 e. The maximum atomic E-state index is 12.4. The number of ether oxygens (including phenoxy) is 1. The highest BCUT2D eigenvalue weighted by Crippen LogP contribution is 2.41. The Morgan fingerprint density at radius 3 is 2.55 bits per heavy atom. The summed E-state index contributed by atoms with van der Waals surface area (Å²) in [5.74, 6) is -1.79. The summed E-state index contributed by atoms with van der Waals surface area (Å²) >= 11 is 0. The van der Waals surface area contributed by atoms with E-state index in [4.69, 9.17) is 4.74 Å². The molecule has 2 N–H and O–H groups in total. The first-order valence-electron chi connectivity index (χ1n) is 7.03. The molecule has 0 spiro atoms. The Kier molecular flexibility index (Phi) is 3.44. The van der Waals surface area contributed by atoms with Crippen molar-refractivity contribution >= 4 is 17.7 Å². The van der Waals surface area contributed by atoms with Crippen molar-refractivity contribution in [1.82, 2.24) is 10.2 Å². The van der Waals surface area contributed by atoms with Crippen LogP contribution in [-0.2, 0) is 14.3 Å². The van der Waals surface area contributed by atoms with E-state index in [0.717, 1.165) is 22.4 Å². The lowest BCUT2D eigenvalue weighted by atomic mass is 9.77. The third kappa shape index (κ3) is 2.16. The molecule has 22 heavy (non-hydrogen) atoms. The van der Waals surface area contributed by atoms with E-state index in [1.165, 1.54) is 7.11 Å². The summed E-state index contributed by atoms with van der Waals surface area (Å²) in [5.41, 5.74) is 3.66. The van der Waals surface area contributed by atoms with Crippen LogP contribution in [0.25, 0.3) is 0 Å². The van der Waals surface area contributed by atoms with Crippen LogP contribution in [0.3, 0.4) is 0 Å². The van der Waals surface area contributed by atoms with Crippen molar-refractivity contribution in [3.8, 4) is 0 Å². The van der Waals surface area contributed by atoms with Crippen LogP contribution in [-0.4, -0.2) is 29.2 Å². The number of carbonyl (C=O) groups is 2. The molecule has 2 heterocycles. The van der Waals surface area contributed by atoms with E-state index < -0.39 is 23.7 Å². The Bertz CT molecular complexity index is 734. The number of anilines is 1. The normalized spacial score (nSPS) is 20.2. The van der Waals surface area contributed by atoms with Gasteiger partial charge in [0.1, 0.15) is 5.92 Å². The van der Waals surface area contributed by atoms with Crippen molar-refractivity contribution in [1.29, 1.82) is 0 Å². The van der Waals surface area contributed by atoms with Gasteiger partial charge in [0, 0.05) is 17.2 Å². The fourth-order valence-electron chi connectivity index (χ4n) is 2.93. The molecule has 0 radical (unpaired) electrons. The molecule has 2 atom stereocenters. The number of aryl methyl sites for hydroxylation is 2. The van der Waals surface area contributed by atoms with Gasteiger partial charge in [-0.15, -0.1) is 0 Å². The highest BCUT2D eigenvalue weighted by molar-refractivity contribution is 6.08. The van der Waals surface area contributed by atoms with Crippen molar-refractivity contribution in [2.24, 2.45) is 5.92 Å². The molecular weight excluding hydrogens is 282 g/mol. The van der Waals surface area contributed by atoms with Crippen LogP contribution in [0.15, 0.2) is 24.3 Å². The first kappa shape index (κ1) is 14.3. The Balaban J connectivity index is 2.18. The van der Waals surface area contributed by atoms with Crippen molar-refractivity contribution in [2.45, 2.75) is 19.8 Å². The third-order valence-electron chi connectivity index (χ3n) is 4.05. The van der Waals surface area contributed by atoms with Crippen LogP contribution < -0.4 is 5.32 Å². The number of aromatic nitrogens is 2. The van der Waals surface area contributed by atoms with E-state index in [0.29, 0.717) is 5.82 Å². The average molecular weight is 299 g/mol. The van der Waals surface area contributed by atoms with Crippen LogP contribution in [0.5, 0.6) is 0 Å². The van der Waals surface area contributed by atoms with E-state index in [2.05, 4.69) is 15.5 Å². The van der Waals surface area contributed by atoms with Gasteiger partial charge in [-0.05, 0) is 19.4 Å². The molecule has 2 aromatic rings. The molecule has 1 aromatic carbocycles. The van der Waals surface area contributed by atoms with Gasteiger partial charge in [0.2, 0.25) is 5.91 Å². The van der Waals surface area contributed by atoms with E-state index >= 15 is 0 Å². The molecule has 1 amide bonds. The topological polar surface area (TPSA) is 84.1 Å². The lowest BCUT2D eigenvalue weighted by Gasteiger charge is -2.29. The molecule has 3 rings (SSSR count). The number of amides is 1. The number of fused-ring (bicyclic) bond motifs is 1. The Morgan fingerprint density at radius 1 is 1.23 bits per heavy atom. The lowest BCUT2D eigenvalue weighted by Crippen LogP contribution is -2.39. The smallest absolute Gasteiger partial charge is 0.319 e. The van der Waals surface area contributed by atoms with Crippen molar-refractivity contribution < 1.29 is 14.3 Å². The highest BCUT2D eigenvalue weighted by atomic mass is 16.5. The van der Waals surface area contributed by atoms with Crippen molar-refractivity contribution in [2.75, 3.05) is 12.4 Å². The van der Waals surface area contributed by atoms with Crippen molar-refractivity contribution in [3.63, 3.8) is 0 Å². The van der Waals surface area contributed by atoms with Gasteiger partial charge in [-0.2, -0.15) is 5.10 Å². The first-order valence-corrected chi connectivity index (χ1v) is 7.03. The van der Waals surface area contributed by atoms with Gasteiger partial charge >= 0.3 is 5.97 Å². The minimum Gasteiger partial charge on any atom is -0.468 e. The minimum absolute atomic E-state index is 0.392. The van der Waals surface area contributed by atoms with Crippen molar-refractivity contribution in [3.05, 3.63) is 46.6 Å². The maximum absolute atomic E-state index is 12.4. The number of hydrogen-bond donors (Lipinski definition) is 2. The third-order valence-corrected chi connectivity index (χ3v) is 4.05. The van der Waals surface area contributed by atoms with E-state index in [9.17, 15) is 9.59 Å². The number of benzene rings is 1. The summed E-state index contributed by atoms with van der Waals surface area (Å²) in [6.07, 6.45) is 0. The van der Waals surface area contributed by atoms with Gasteiger partial charge in [0.05, 0.1) is 7.11 Å². The minimum atomic E-state index is -0.920. The lowest BCUT2D eigenvalue weighted by molar-refractivity contribution is -0.149. The fraction of sp³-hybridized carbons (Fsp3) is 0.312. The summed E-state index contributed by atoms with van der Waals surface area (Å²) in [6, 6.07) is 7.80. The summed E-state index contributed by atoms with van der Waals surface area (Å²) < 4.78 is 4.84. The van der Waals surface area contributed by atoms with Gasteiger partial charge in [-0.25, -0.2) is 0 Å². The van der Waals surface area contributed by atoms with Crippen LogP contribution in [0.4, 0.5) is 5.82 Å². The molecular formula is C16H17N3O3. The number of carbonyl (C=O) groups excluding carboxylic acids is 2. The standard InChI is InChI=1S/C16H17N3O3/c1-8-4-6-10(7-5-8)12-11-9(2)18-19-14(11)17-15(20)13(12)16(21)22-3/h4-7,12-13H,1-3H3,(H2,17,18,19,20). The largest absolute Gasteiger partial charge is 0.468 e. The zero-order valence-corrected chi connectivity index (χ0v) is 12.6. The molecule has 0 fully saturated rings. The Morgan fingerprint density at radius 2 is 1.91 bits per heavy atom. The van der Waals surface area contributed by atoms with Crippen LogP contribution in [0.2, 0.25) is 0 Å². The Hall–Kier alpha value is -2.63. The number of methoxy groups -OCH3 is 1. The summed E-state index contributed by atoms with van der Waals surface area (Å²) in [4.78, 5) is 24.5. The molecule has 1 aliphatic rings. The number of hydrogen-bond acceptors (Lipinski definition) is 4. The number of nitrogens with one attached hydrogen (secondary N) is 2. The van der Waals surface area contributed by atoms with Gasteiger partial charge in [-0.3, -0.25) is 14.7 Å². The number of aromatic amines is 1. The second-order valence-electron chi connectivity index (χ2n) is 5.49. The molecule has 114 valence electrons. The predicted octanol–water partition coefficient (Wildman–Crippen LogP) is 1.90. The van der Waals surface area contributed by atoms with E-state index in [1.807, 2.05) is 38.1 Å². The first-order chi connectivity index (χ1) is 10.5. The average Bonchev–Trinajstić information content (AvgIpc) is 2.87. The molecule has 0 saturated heterocycles. The second-order valence-corrected chi connectivity index (χ2v) is 5.49. The summed E-state index contributed by atoms with van der Waals surface area (Å²) in [6.45, 7) is 3.86. The van der Waals surface area contributed by atoms with E-state index in [1.54, 1.807) is 0 Å². The molecule has 0 saturated carbocycles. The zero-order chi connectivity index (χ0) is 15.9. The zero-order valence-electron chi connectivity index (χ0n) is 12.6. The summed E-state index contributed by atoms with van der Waals surface area (Å²) in [5, 5.41) is 9.66. The molecule has 6 heteroatoms. The van der Waals surface area contributed by atoms with Crippen LogP contribution >= 0.6 is 0 Å². The van der Waals surface area contributed by atoms with Gasteiger partial charge in [-0.1, -0.05) is 29.8 Å². The molecule has 1 aromatic heterocycles. The highest BCUT2D eigenvalue weighted by Gasteiger charge is 2.44. The molecule has 2 unspecified atom stereocenters. The molecule has 0 aliphatic carbocycles. The van der Waals surface area contributed by atoms with Crippen LogP contribution in [0, 0.1) is 19.8 Å². The second kappa shape index (κ2) is 5.29. The quantitative estimate of drug-likeness (QED) is 0.655. The van der Waals surface area contributed by atoms with Gasteiger partial charge < -0.3 is 10.1 Å². The monoisotopic (exact) mass is 299 g/mol. The number of H-pyrrole nitrogens is 1. The number of esters is 1. The van der Waals surface area contributed by atoms with Gasteiger partial charge in [0.15, 0.2) is 5.82 Å². The number of rotatable bonds is 2. The predicted molar refractivity (Wildman–Crippen MR) is 80.5 cm³/mol. The number of nitrogens with zero attached hydrogens (tertiary/aromatic N) is 1. The van der Waals surface area contributed by atoms with Crippen LogP contribution in [0.1, 0.15) is 28.3 Å². The molecule has 6 nitrogen and oxygen atoms in total. The summed E-state index contributed by atoms with van der Waals surface area (Å²) in [7, 11) is 1.29. The fourth-order valence-corrected chi connectivity index (χ4v) is 2.93. The molecule has 0 bridgehead atoms. The van der Waals surface area contributed by atoms with E-state index in [-0.39, 0.29) is 0 Å². The van der Waals surface area contributed by atoms with Gasteiger partial charge in [0.25, 0.3) is 0 Å². The molecule has 1 aliphatic heterocycles. The Labute approximate surface area is 127 Å². The SMILES string of the molecule is COC(=O)C1C(=O)Nc2n[nH]c(C)c2C1c1ccc(C)cc1.